The highest BCUT2D eigenvalue weighted by Crippen LogP contribution is 2.62. The van der Waals surface area contributed by atoms with Gasteiger partial charge in [0, 0.05) is 23.7 Å². The summed E-state index contributed by atoms with van der Waals surface area (Å²) in [5.41, 5.74) is 3.24. The fraction of sp³-hybridized carbons (Fsp3) is 0.435. The lowest BCUT2D eigenvalue weighted by molar-refractivity contribution is -0.146. The smallest absolute Gasteiger partial charge is 0.305 e. The van der Waals surface area contributed by atoms with E-state index in [1.165, 1.54) is 6.42 Å². The van der Waals surface area contributed by atoms with E-state index in [1.54, 1.807) is 36.4 Å². The van der Waals surface area contributed by atoms with Crippen LogP contribution in [0.2, 0.25) is 0 Å². The topological polar surface area (TPSA) is 113 Å². The average molecular weight is 717 g/mol. The second-order valence-corrected chi connectivity index (χ2v) is 16.4. The van der Waals surface area contributed by atoms with Crippen LogP contribution in [0.3, 0.4) is 0 Å². The van der Waals surface area contributed by atoms with Gasteiger partial charge in [0.05, 0.1) is 13.2 Å². The largest absolute Gasteiger partial charge is 0.508 e. The molecule has 0 amide bonds. The minimum Gasteiger partial charge on any atom is -0.508 e. The number of fused-ring (bicyclic) bond motifs is 5. The molecule has 2 bridgehead atoms. The van der Waals surface area contributed by atoms with Crippen molar-refractivity contribution in [3.05, 3.63) is 125 Å². The Labute approximate surface area is 313 Å². The van der Waals surface area contributed by atoms with E-state index in [-0.39, 0.29) is 35.6 Å². The van der Waals surface area contributed by atoms with E-state index in [0.717, 1.165) is 41.5 Å². The van der Waals surface area contributed by atoms with Gasteiger partial charge in [0.25, 0.3) is 0 Å². The van der Waals surface area contributed by atoms with Crippen molar-refractivity contribution < 1.29 is 34.4 Å². The summed E-state index contributed by atoms with van der Waals surface area (Å²) < 4.78 is 11.9. The first-order valence-electron chi connectivity index (χ1n) is 19.3. The Balaban J connectivity index is 0.888. The zero-order valence-electron chi connectivity index (χ0n) is 30.8. The molecule has 3 aliphatic carbocycles. The van der Waals surface area contributed by atoms with Crippen LogP contribution in [0.25, 0.3) is 0 Å². The quantitative estimate of drug-likeness (QED) is 0.112. The van der Waals surface area contributed by atoms with Crippen molar-refractivity contribution in [2.75, 3.05) is 13.2 Å². The third-order valence-corrected chi connectivity index (χ3v) is 13.2. The Hall–Kier alpha value is -4.78. The Morgan fingerprint density at radius 1 is 0.547 bits per heavy atom. The number of carbonyl (C=O) groups excluding carboxylic acids is 2. The van der Waals surface area contributed by atoms with Crippen molar-refractivity contribution in [3.63, 3.8) is 0 Å². The summed E-state index contributed by atoms with van der Waals surface area (Å²) in [6.07, 6.45) is 6.19. The number of aromatic hydroxyl groups is 3. The van der Waals surface area contributed by atoms with Gasteiger partial charge in [0.2, 0.25) is 0 Å². The number of phenolic OH excluding ortho intramolecular Hbond substituents is 3. The fourth-order valence-electron chi connectivity index (χ4n) is 10.1. The molecule has 0 radical (unpaired) electrons. The molecule has 4 aromatic carbocycles. The van der Waals surface area contributed by atoms with Gasteiger partial charge in [0.15, 0.2) is 0 Å². The molecule has 53 heavy (non-hydrogen) atoms. The van der Waals surface area contributed by atoms with Crippen LogP contribution in [0.1, 0.15) is 87.5 Å². The number of hydrogen-bond acceptors (Lipinski definition) is 7. The van der Waals surface area contributed by atoms with Gasteiger partial charge in [-0.2, -0.15) is 0 Å². The maximum absolute atomic E-state index is 13.2. The Morgan fingerprint density at radius 3 is 1.47 bits per heavy atom. The van der Waals surface area contributed by atoms with Crippen molar-refractivity contribution in [3.8, 4) is 17.2 Å². The number of carbonyl (C=O) groups is 2. The van der Waals surface area contributed by atoms with Crippen LogP contribution >= 0.6 is 0 Å². The molecular weight excluding hydrogens is 664 g/mol. The number of rotatable bonds is 14. The monoisotopic (exact) mass is 716 g/mol. The van der Waals surface area contributed by atoms with Gasteiger partial charge in [-0.15, -0.1) is 0 Å². The number of benzene rings is 4. The van der Waals surface area contributed by atoms with Crippen LogP contribution in [0, 0.1) is 35.5 Å². The second kappa shape index (κ2) is 15.3. The van der Waals surface area contributed by atoms with Gasteiger partial charge in [-0.3, -0.25) is 9.59 Å². The zero-order chi connectivity index (χ0) is 37.2. The molecule has 0 spiro atoms. The lowest BCUT2D eigenvalue weighted by Gasteiger charge is -2.32. The molecule has 0 aliphatic heterocycles. The van der Waals surface area contributed by atoms with E-state index >= 15 is 0 Å². The van der Waals surface area contributed by atoms with Crippen LogP contribution < -0.4 is 0 Å². The van der Waals surface area contributed by atoms with Gasteiger partial charge in [-0.05, 0) is 133 Å². The van der Waals surface area contributed by atoms with Gasteiger partial charge in [-0.25, -0.2) is 0 Å². The Bertz CT molecular complexity index is 1810. The van der Waals surface area contributed by atoms with Crippen molar-refractivity contribution >= 4 is 11.9 Å². The number of esters is 2. The lowest BCUT2D eigenvalue weighted by Crippen LogP contribution is -2.29. The van der Waals surface area contributed by atoms with E-state index in [9.17, 15) is 24.9 Å². The second-order valence-electron chi connectivity index (χ2n) is 16.4. The van der Waals surface area contributed by atoms with E-state index in [1.807, 2.05) is 54.6 Å². The zero-order valence-corrected chi connectivity index (χ0v) is 30.8. The average Bonchev–Trinajstić information content (AvgIpc) is 3.88. The highest BCUT2D eigenvalue weighted by Gasteiger charge is 2.56. The Kier molecular flexibility index (Phi) is 10.6. The summed E-state index contributed by atoms with van der Waals surface area (Å²) in [5.74, 6) is 3.46. The number of phenols is 3. The predicted molar refractivity (Wildman–Crippen MR) is 203 cm³/mol. The first-order valence-corrected chi connectivity index (χ1v) is 19.3. The van der Waals surface area contributed by atoms with Crippen LogP contribution in [-0.4, -0.2) is 40.5 Å². The summed E-state index contributed by atoms with van der Waals surface area (Å²) in [6, 6.07) is 31.7. The molecule has 7 atom stereocenters. The van der Waals surface area contributed by atoms with E-state index in [0.29, 0.717) is 68.0 Å². The molecular formula is C46H52O7. The molecule has 7 heteroatoms. The maximum atomic E-state index is 13.2. The van der Waals surface area contributed by atoms with Crippen molar-refractivity contribution in [1.29, 1.82) is 0 Å². The van der Waals surface area contributed by atoms with Gasteiger partial charge >= 0.3 is 11.9 Å². The number of hydrogen-bond donors (Lipinski definition) is 3. The van der Waals surface area contributed by atoms with Crippen LogP contribution in [0.5, 0.6) is 17.2 Å². The third-order valence-electron chi connectivity index (χ3n) is 13.2. The third kappa shape index (κ3) is 7.81. The minimum absolute atomic E-state index is 0.164. The molecule has 3 saturated carbocycles. The van der Waals surface area contributed by atoms with Gasteiger partial charge in [0.1, 0.15) is 17.2 Å². The summed E-state index contributed by atoms with van der Waals surface area (Å²) in [4.78, 5) is 26.3. The van der Waals surface area contributed by atoms with Gasteiger partial charge < -0.3 is 24.8 Å². The molecule has 3 aliphatic rings. The highest BCUT2D eigenvalue weighted by atomic mass is 16.5. The van der Waals surface area contributed by atoms with E-state index < -0.39 is 10.8 Å². The molecule has 0 heterocycles. The molecule has 3 N–H and O–H groups in total. The molecule has 4 aromatic rings. The summed E-state index contributed by atoms with van der Waals surface area (Å²) in [7, 11) is 0. The van der Waals surface area contributed by atoms with Crippen LogP contribution in [-0.2, 0) is 29.9 Å². The predicted octanol–water partition coefficient (Wildman–Crippen LogP) is 9.06. The van der Waals surface area contributed by atoms with Gasteiger partial charge in [-0.1, -0.05) is 80.6 Å². The summed E-state index contributed by atoms with van der Waals surface area (Å²) in [5, 5.41) is 29.6. The number of ether oxygens (including phenoxy) is 2. The summed E-state index contributed by atoms with van der Waals surface area (Å²) >= 11 is 0. The van der Waals surface area contributed by atoms with Crippen molar-refractivity contribution in [1.82, 2.24) is 0 Å². The van der Waals surface area contributed by atoms with E-state index in [4.69, 9.17) is 9.47 Å². The first-order chi connectivity index (χ1) is 25.5. The van der Waals surface area contributed by atoms with Crippen LogP contribution in [0.4, 0.5) is 0 Å². The van der Waals surface area contributed by atoms with Crippen molar-refractivity contribution in [2.24, 2.45) is 35.5 Å². The van der Waals surface area contributed by atoms with Crippen LogP contribution in [0.15, 0.2) is 103 Å². The fourth-order valence-corrected chi connectivity index (χ4v) is 10.1. The molecule has 0 aromatic heterocycles. The first kappa shape index (κ1) is 36.6. The minimum atomic E-state index is -0.503. The Morgan fingerprint density at radius 2 is 0.981 bits per heavy atom. The van der Waals surface area contributed by atoms with Crippen molar-refractivity contribution in [2.45, 2.75) is 76.0 Å². The molecule has 0 saturated heterocycles. The highest BCUT2D eigenvalue weighted by molar-refractivity contribution is 5.70. The molecule has 7 unspecified atom stereocenters. The normalized spacial score (nSPS) is 24.3. The SMILES string of the molecule is CC(CCC(=O)OCC1CC2C3CC(COC(=O)CCC(C)(c4ccc(O)cc4)c4ccc(O)cc4)C(C3)C2C1)(c1ccccc1)c1ccc(O)cc1. The van der Waals surface area contributed by atoms with E-state index in [2.05, 4.69) is 26.0 Å². The molecule has 3 fully saturated rings. The maximum Gasteiger partial charge on any atom is 0.305 e. The summed E-state index contributed by atoms with van der Waals surface area (Å²) in [6.45, 7) is 5.16. The molecule has 7 rings (SSSR count). The molecule has 278 valence electrons. The lowest BCUT2D eigenvalue weighted by atomic mass is 9.73. The standard InChI is InChI=1S/C46H52O7/c1-45(33-6-4-3-5-7-33,34-8-14-37(47)15-9-34)22-20-43(50)52-28-30-24-40-31-26-32(41(27-31)42(40)25-30)29-53-44(51)21-23-46(2,35-10-16-38(48)17-11-35)36-12-18-39(49)19-13-36/h3-19,30-32,40-42,47-49H,20-29H2,1-2H3. The molecule has 7 nitrogen and oxygen atoms in total.